The monoisotopic (exact) mass is 320 g/mol. The SMILES string of the molecule is O.O.O.O.O.O.O.O=S(=O)(O)O.O=S(=O)([O-])[O-]. The average molecular weight is 320 g/mol. The van der Waals surface area contributed by atoms with Gasteiger partial charge in [0.05, 0.1) is 0 Å². The Bertz CT molecular complexity index is 205. The molecule has 0 saturated heterocycles. The van der Waals surface area contributed by atoms with Crippen molar-refractivity contribution in [2.24, 2.45) is 0 Å². The predicted molar refractivity (Wildman–Crippen MR) is 49.9 cm³/mol. The molecule has 0 aromatic heterocycles. The summed E-state index contributed by atoms with van der Waals surface area (Å²) in [6.07, 6.45) is 0. The smallest absolute Gasteiger partial charge is 0.394 e. The topological polar surface area (TPSA) is 375 Å². The lowest BCUT2D eigenvalue weighted by Crippen LogP contribution is -1.91. The summed E-state index contributed by atoms with van der Waals surface area (Å²) in [6.45, 7) is 0. The van der Waals surface area contributed by atoms with E-state index in [2.05, 4.69) is 0 Å². The van der Waals surface area contributed by atoms with Crippen molar-refractivity contribution in [1.29, 1.82) is 0 Å². The van der Waals surface area contributed by atoms with Crippen molar-refractivity contribution in [3.8, 4) is 0 Å². The Hall–Kier alpha value is -0.540. The van der Waals surface area contributed by atoms with E-state index in [0.717, 1.165) is 0 Å². The van der Waals surface area contributed by atoms with E-state index in [0.29, 0.717) is 0 Å². The van der Waals surface area contributed by atoms with Crippen molar-refractivity contribution in [3.05, 3.63) is 0 Å². The molecule has 0 aliphatic rings. The molecule has 17 heavy (non-hydrogen) atoms. The average Bonchev–Trinajstić information content (AvgIpc) is 1.12. The van der Waals surface area contributed by atoms with Gasteiger partial charge in [0, 0.05) is 10.4 Å². The molecule has 0 rings (SSSR count). The van der Waals surface area contributed by atoms with Gasteiger partial charge in [-0.15, -0.1) is 0 Å². The normalized spacial score (nSPS) is 6.82. The van der Waals surface area contributed by atoms with Crippen molar-refractivity contribution < 1.29 is 73.4 Å². The molecule has 0 unspecified atom stereocenters. The molecule has 17 heteroatoms. The summed E-state index contributed by atoms with van der Waals surface area (Å²) < 4.78 is 65.7. The lowest BCUT2D eigenvalue weighted by molar-refractivity contribution is 0.352. The van der Waals surface area contributed by atoms with Crippen LogP contribution in [0.25, 0.3) is 0 Å². The van der Waals surface area contributed by atoms with E-state index in [4.69, 9.17) is 35.0 Å². The van der Waals surface area contributed by atoms with Crippen LogP contribution in [0.3, 0.4) is 0 Å². The molecule has 0 saturated carbocycles. The van der Waals surface area contributed by atoms with Crippen LogP contribution < -0.4 is 0 Å². The Labute approximate surface area is 95.0 Å². The zero-order valence-corrected chi connectivity index (χ0v) is 9.29. The molecule has 0 amide bonds. The van der Waals surface area contributed by atoms with E-state index >= 15 is 0 Å². The molecule has 0 aromatic carbocycles. The maximum Gasteiger partial charge on any atom is 0.394 e. The van der Waals surface area contributed by atoms with E-state index < -0.39 is 20.8 Å². The summed E-state index contributed by atoms with van der Waals surface area (Å²) in [6, 6.07) is 0. The van der Waals surface area contributed by atoms with Gasteiger partial charge >= 0.3 is 10.4 Å². The summed E-state index contributed by atoms with van der Waals surface area (Å²) >= 11 is 0. The summed E-state index contributed by atoms with van der Waals surface area (Å²) in [7, 11) is -9.83. The minimum atomic E-state index is -5.17. The number of hydrogen-bond donors (Lipinski definition) is 2. The van der Waals surface area contributed by atoms with Gasteiger partial charge in [-0.05, 0) is 0 Å². The van der Waals surface area contributed by atoms with Crippen molar-refractivity contribution in [3.63, 3.8) is 0 Å². The Kier molecular flexibility index (Phi) is 102. The lowest BCUT2D eigenvalue weighted by atomic mass is 15.8. The molecule has 0 aliphatic heterocycles. The van der Waals surface area contributed by atoms with Crippen molar-refractivity contribution in [2.75, 3.05) is 0 Å². The van der Waals surface area contributed by atoms with Crippen LogP contribution in [0.1, 0.15) is 0 Å². The third-order valence-corrected chi connectivity index (χ3v) is 0. The molecular formula is H16O15S2-2. The van der Waals surface area contributed by atoms with E-state index in [-0.39, 0.29) is 38.3 Å². The van der Waals surface area contributed by atoms with Gasteiger partial charge in [0.15, 0.2) is 0 Å². The molecule has 0 aliphatic carbocycles. The van der Waals surface area contributed by atoms with E-state index in [1.165, 1.54) is 0 Å². The Morgan fingerprint density at radius 3 is 0.588 bits per heavy atom. The van der Waals surface area contributed by atoms with Crippen LogP contribution in [0.2, 0.25) is 0 Å². The third-order valence-electron chi connectivity index (χ3n) is 0. The molecular weight excluding hydrogens is 304 g/mol. The van der Waals surface area contributed by atoms with Crippen LogP contribution in [0, 0.1) is 0 Å². The van der Waals surface area contributed by atoms with Crippen LogP contribution in [0.5, 0.6) is 0 Å². The highest BCUT2D eigenvalue weighted by Gasteiger charge is 1.84. The summed E-state index contributed by atoms with van der Waals surface area (Å²) in [4.78, 5) is 0. The van der Waals surface area contributed by atoms with Crippen molar-refractivity contribution in [2.45, 2.75) is 0 Å². The first kappa shape index (κ1) is 70.7. The molecule has 0 fully saturated rings. The number of hydrogen-bond acceptors (Lipinski definition) is 6. The first-order valence-electron chi connectivity index (χ1n) is 1.37. The van der Waals surface area contributed by atoms with Crippen molar-refractivity contribution >= 4 is 20.8 Å². The zero-order chi connectivity index (χ0) is 9.00. The van der Waals surface area contributed by atoms with Crippen LogP contribution in [0.15, 0.2) is 0 Å². The van der Waals surface area contributed by atoms with Crippen LogP contribution in [-0.2, 0) is 20.8 Å². The van der Waals surface area contributed by atoms with Crippen LogP contribution >= 0.6 is 0 Å². The molecule has 0 radical (unpaired) electrons. The minimum Gasteiger partial charge on any atom is -0.759 e. The first-order chi connectivity index (χ1) is 4.00. The maximum absolute atomic E-state index is 8.74. The number of rotatable bonds is 0. The van der Waals surface area contributed by atoms with E-state index in [1.54, 1.807) is 0 Å². The van der Waals surface area contributed by atoms with Gasteiger partial charge in [0.2, 0.25) is 0 Å². The maximum atomic E-state index is 8.74. The fourth-order valence-electron chi connectivity index (χ4n) is 0. The molecule has 0 bridgehead atoms. The Balaban J connectivity index is -0.00000000762. The van der Waals surface area contributed by atoms with E-state index in [9.17, 15) is 0 Å². The van der Waals surface area contributed by atoms with Gasteiger partial charge in [-0.3, -0.25) is 17.5 Å². The minimum absolute atomic E-state index is 0. The van der Waals surface area contributed by atoms with Gasteiger partial charge in [0.25, 0.3) is 0 Å². The quantitative estimate of drug-likeness (QED) is 0.317. The second-order valence-corrected chi connectivity index (χ2v) is 2.57. The molecule has 15 nitrogen and oxygen atoms in total. The second-order valence-electron chi connectivity index (χ2n) is 0.856. The van der Waals surface area contributed by atoms with Gasteiger partial charge in [-0.2, -0.15) is 8.42 Å². The molecule has 16 N–H and O–H groups in total. The lowest BCUT2D eigenvalue weighted by Gasteiger charge is -2.06. The van der Waals surface area contributed by atoms with Gasteiger partial charge in [-0.25, -0.2) is 0 Å². The third kappa shape index (κ3) is 9610. The van der Waals surface area contributed by atoms with Crippen LogP contribution in [-0.4, -0.2) is 73.4 Å². The standard InChI is InChI=1S/2H2O4S.7H2O/c2*1-5(2,3)4;;;;;;;/h2*(H2,1,2,3,4);7*1H2/p-2. The fourth-order valence-corrected chi connectivity index (χ4v) is 0. The van der Waals surface area contributed by atoms with Gasteiger partial charge in [-0.1, -0.05) is 0 Å². The van der Waals surface area contributed by atoms with Crippen molar-refractivity contribution in [1.82, 2.24) is 0 Å². The first-order valence-corrected chi connectivity index (χ1v) is 4.10. The summed E-state index contributed by atoms with van der Waals surface area (Å²) in [5, 5.41) is 0. The highest BCUT2D eigenvalue weighted by atomic mass is 32.3. The Morgan fingerprint density at radius 1 is 0.588 bits per heavy atom. The predicted octanol–water partition coefficient (Wildman–Crippen LogP) is -7.76. The highest BCUT2D eigenvalue weighted by Crippen LogP contribution is 1.59. The molecule has 0 spiro atoms. The summed E-state index contributed by atoms with van der Waals surface area (Å²) in [5.74, 6) is 0. The molecule has 0 heterocycles. The zero-order valence-electron chi connectivity index (χ0n) is 7.66. The summed E-state index contributed by atoms with van der Waals surface area (Å²) in [5.41, 5.74) is 0. The molecule has 120 valence electrons. The Morgan fingerprint density at radius 2 is 0.588 bits per heavy atom. The van der Waals surface area contributed by atoms with Gasteiger partial charge < -0.3 is 47.4 Å². The highest BCUT2D eigenvalue weighted by molar-refractivity contribution is 7.80. The van der Waals surface area contributed by atoms with Crippen LogP contribution in [0.4, 0.5) is 0 Å². The largest absolute Gasteiger partial charge is 0.759 e. The van der Waals surface area contributed by atoms with E-state index in [1.807, 2.05) is 0 Å². The molecule has 0 atom stereocenters. The fraction of sp³-hybridized carbons (Fsp3) is 0. The second kappa shape index (κ2) is 24.6. The molecule has 0 aromatic rings. The van der Waals surface area contributed by atoms with Gasteiger partial charge in [0.1, 0.15) is 0 Å².